The van der Waals surface area contributed by atoms with Gasteiger partial charge in [-0.05, 0) is 27.6 Å². The van der Waals surface area contributed by atoms with Gasteiger partial charge >= 0.3 is 6.09 Å². The molecule has 1 fully saturated rings. The van der Waals surface area contributed by atoms with Crippen LogP contribution in [-0.4, -0.2) is 68.8 Å². The van der Waals surface area contributed by atoms with Gasteiger partial charge in [-0.15, -0.1) is 0 Å². The molecule has 0 unspecified atom stereocenters. The number of halogens is 1. The third-order valence-electron chi connectivity index (χ3n) is 4.95. The molecule has 10 heteroatoms. The van der Waals surface area contributed by atoms with E-state index in [1.807, 2.05) is 12.3 Å². The van der Waals surface area contributed by atoms with Crippen LogP contribution < -0.4 is 10.2 Å². The van der Waals surface area contributed by atoms with Gasteiger partial charge in [0.25, 0.3) is 0 Å². The number of anilines is 1. The van der Waals surface area contributed by atoms with Crippen LogP contribution in [0.2, 0.25) is 0 Å². The fourth-order valence-electron chi connectivity index (χ4n) is 3.55. The van der Waals surface area contributed by atoms with E-state index in [1.54, 1.807) is 12.4 Å². The fraction of sp³-hybridized carbons (Fsp3) is 0.368. The van der Waals surface area contributed by atoms with E-state index in [1.165, 1.54) is 5.56 Å². The molecule has 3 aromatic heterocycles. The Labute approximate surface area is 176 Å². The van der Waals surface area contributed by atoms with Gasteiger partial charge in [0, 0.05) is 64.3 Å². The minimum atomic E-state index is -1.04. The number of rotatable bonds is 6. The molecule has 3 aromatic rings. The van der Waals surface area contributed by atoms with Crippen molar-refractivity contribution in [1.82, 2.24) is 30.2 Å². The highest BCUT2D eigenvalue weighted by Gasteiger charge is 2.23. The standard InChI is InChI=1S/C19H22BrN7O2/c20-14-11-23-18-16(24-15(25-18)3-5-22-19(28)29)17(14)27-8-6-26(7-9-27)12-13-2-1-4-21-10-13/h1-2,4,10-11,22H,3,5-9,12H2,(H,28,29)(H,23,24,25). The minimum absolute atomic E-state index is 0.304. The van der Waals surface area contributed by atoms with Gasteiger partial charge in [-0.1, -0.05) is 6.07 Å². The molecule has 0 spiro atoms. The van der Waals surface area contributed by atoms with E-state index >= 15 is 0 Å². The van der Waals surface area contributed by atoms with Crippen LogP contribution in [0.1, 0.15) is 11.4 Å². The maximum absolute atomic E-state index is 10.6. The van der Waals surface area contributed by atoms with Crippen molar-refractivity contribution in [3.8, 4) is 0 Å². The third-order valence-corrected chi connectivity index (χ3v) is 5.53. The first-order chi connectivity index (χ1) is 14.1. The Balaban J connectivity index is 1.46. The molecule has 152 valence electrons. The lowest BCUT2D eigenvalue weighted by molar-refractivity contribution is 0.194. The van der Waals surface area contributed by atoms with E-state index in [9.17, 15) is 4.79 Å². The number of carboxylic acid groups (broad SMARTS) is 1. The predicted octanol–water partition coefficient (Wildman–Crippen LogP) is 2.25. The average molecular weight is 460 g/mol. The third kappa shape index (κ3) is 4.65. The Morgan fingerprint density at radius 3 is 2.83 bits per heavy atom. The number of aromatic nitrogens is 4. The topological polar surface area (TPSA) is 110 Å². The monoisotopic (exact) mass is 459 g/mol. The summed E-state index contributed by atoms with van der Waals surface area (Å²) in [5.41, 5.74) is 3.78. The van der Waals surface area contributed by atoms with Crippen molar-refractivity contribution in [3.05, 3.63) is 46.6 Å². The second-order valence-electron chi connectivity index (χ2n) is 6.94. The normalized spacial score (nSPS) is 15.0. The number of pyridine rings is 2. The van der Waals surface area contributed by atoms with Crippen molar-refractivity contribution in [2.75, 3.05) is 37.6 Å². The Hall–Kier alpha value is -2.72. The van der Waals surface area contributed by atoms with E-state index < -0.39 is 6.09 Å². The molecule has 1 amide bonds. The van der Waals surface area contributed by atoms with Crippen LogP contribution in [0.3, 0.4) is 0 Å². The molecule has 1 saturated heterocycles. The molecule has 4 heterocycles. The Kier molecular flexibility index (Phi) is 5.91. The highest BCUT2D eigenvalue weighted by Crippen LogP contribution is 2.33. The van der Waals surface area contributed by atoms with Gasteiger partial charge in [-0.2, -0.15) is 0 Å². The molecule has 9 nitrogen and oxygen atoms in total. The van der Waals surface area contributed by atoms with Crippen LogP contribution in [-0.2, 0) is 13.0 Å². The highest BCUT2D eigenvalue weighted by molar-refractivity contribution is 9.10. The molecule has 29 heavy (non-hydrogen) atoms. The molecule has 4 rings (SSSR count). The number of nitrogens with one attached hydrogen (secondary N) is 2. The van der Waals surface area contributed by atoms with Gasteiger partial charge in [0.1, 0.15) is 11.3 Å². The van der Waals surface area contributed by atoms with Crippen LogP contribution in [0.25, 0.3) is 11.2 Å². The van der Waals surface area contributed by atoms with E-state index in [4.69, 9.17) is 5.11 Å². The molecule has 0 bridgehead atoms. The first-order valence-electron chi connectivity index (χ1n) is 9.46. The van der Waals surface area contributed by atoms with Crippen LogP contribution in [0.4, 0.5) is 10.5 Å². The predicted molar refractivity (Wildman–Crippen MR) is 113 cm³/mol. The Morgan fingerprint density at radius 2 is 2.10 bits per heavy atom. The lowest BCUT2D eigenvalue weighted by atomic mass is 10.2. The summed E-state index contributed by atoms with van der Waals surface area (Å²) in [5, 5.41) is 11.1. The Morgan fingerprint density at radius 1 is 1.28 bits per heavy atom. The molecule has 0 atom stereocenters. The number of H-pyrrole nitrogens is 1. The van der Waals surface area contributed by atoms with Gasteiger partial charge < -0.3 is 20.3 Å². The number of piperazine rings is 1. The minimum Gasteiger partial charge on any atom is -0.465 e. The van der Waals surface area contributed by atoms with Crippen molar-refractivity contribution < 1.29 is 9.90 Å². The van der Waals surface area contributed by atoms with Gasteiger partial charge in [-0.3, -0.25) is 9.88 Å². The molecular formula is C19H22BrN7O2. The molecule has 3 N–H and O–H groups in total. The van der Waals surface area contributed by atoms with Crippen molar-refractivity contribution in [2.45, 2.75) is 13.0 Å². The number of imidazole rings is 1. The molecular weight excluding hydrogens is 438 g/mol. The summed E-state index contributed by atoms with van der Waals surface area (Å²) in [6.07, 6.45) is 4.95. The number of amides is 1. The molecule has 1 aliphatic rings. The zero-order valence-electron chi connectivity index (χ0n) is 15.8. The lowest BCUT2D eigenvalue weighted by Gasteiger charge is -2.36. The number of nitrogens with zero attached hydrogens (tertiary/aromatic N) is 5. The molecule has 0 saturated carbocycles. The number of aromatic amines is 1. The van der Waals surface area contributed by atoms with Crippen LogP contribution in [0.5, 0.6) is 0 Å². The summed E-state index contributed by atoms with van der Waals surface area (Å²) in [6, 6.07) is 4.07. The molecule has 1 aliphatic heterocycles. The summed E-state index contributed by atoms with van der Waals surface area (Å²) in [5.74, 6) is 0.718. The average Bonchev–Trinajstić information content (AvgIpc) is 3.12. The summed E-state index contributed by atoms with van der Waals surface area (Å²) in [4.78, 5) is 31.9. The first kappa shape index (κ1) is 19.6. The quantitative estimate of drug-likeness (QED) is 0.518. The van der Waals surface area contributed by atoms with Crippen LogP contribution in [0.15, 0.2) is 35.2 Å². The number of hydrogen-bond donors (Lipinski definition) is 3. The maximum atomic E-state index is 10.6. The largest absolute Gasteiger partial charge is 0.465 e. The molecule has 0 aromatic carbocycles. The van der Waals surface area contributed by atoms with E-state index in [-0.39, 0.29) is 0 Å². The van der Waals surface area contributed by atoms with Crippen LogP contribution in [0, 0.1) is 0 Å². The van der Waals surface area contributed by atoms with Crippen molar-refractivity contribution in [3.63, 3.8) is 0 Å². The number of fused-ring (bicyclic) bond motifs is 1. The second kappa shape index (κ2) is 8.75. The SMILES string of the molecule is O=C(O)NCCc1nc2c(N3CCN(Cc4cccnc4)CC3)c(Br)cnc2[nH]1. The smallest absolute Gasteiger partial charge is 0.404 e. The second-order valence-corrected chi connectivity index (χ2v) is 7.80. The zero-order valence-corrected chi connectivity index (χ0v) is 17.4. The van der Waals surface area contributed by atoms with E-state index in [0.29, 0.717) is 18.6 Å². The summed E-state index contributed by atoms with van der Waals surface area (Å²) in [7, 11) is 0. The van der Waals surface area contributed by atoms with Gasteiger partial charge in [0.05, 0.1) is 10.2 Å². The highest BCUT2D eigenvalue weighted by atomic mass is 79.9. The van der Waals surface area contributed by atoms with E-state index in [2.05, 4.69) is 57.0 Å². The summed E-state index contributed by atoms with van der Waals surface area (Å²) >= 11 is 3.63. The Bertz CT molecular complexity index is 987. The fourth-order valence-corrected chi connectivity index (χ4v) is 4.09. The molecule has 0 radical (unpaired) electrons. The van der Waals surface area contributed by atoms with E-state index in [0.717, 1.165) is 54.2 Å². The van der Waals surface area contributed by atoms with Gasteiger partial charge in [0.2, 0.25) is 0 Å². The summed E-state index contributed by atoms with van der Waals surface area (Å²) in [6.45, 7) is 4.88. The maximum Gasteiger partial charge on any atom is 0.404 e. The van der Waals surface area contributed by atoms with Crippen LogP contribution >= 0.6 is 15.9 Å². The number of hydrogen-bond acceptors (Lipinski definition) is 6. The zero-order chi connectivity index (χ0) is 20.2. The molecule has 0 aliphatic carbocycles. The van der Waals surface area contributed by atoms with Gasteiger partial charge in [-0.25, -0.2) is 14.8 Å². The number of carbonyl (C=O) groups is 1. The van der Waals surface area contributed by atoms with Crippen molar-refractivity contribution >= 4 is 38.9 Å². The van der Waals surface area contributed by atoms with Gasteiger partial charge in [0.15, 0.2) is 5.65 Å². The van der Waals surface area contributed by atoms with Crippen molar-refractivity contribution in [2.24, 2.45) is 0 Å². The summed E-state index contributed by atoms with van der Waals surface area (Å²) < 4.78 is 0.910. The lowest BCUT2D eigenvalue weighted by Crippen LogP contribution is -2.46. The van der Waals surface area contributed by atoms with Crippen molar-refractivity contribution in [1.29, 1.82) is 0 Å². The first-order valence-corrected chi connectivity index (χ1v) is 10.3.